The Morgan fingerprint density at radius 3 is 1.70 bits per heavy atom. The topological polar surface area (TPSA) is 69.9 Å². The summed E-state index contributed by atoms with van der Waals surface area (Å²) in [5.41, 5.74) is 10.5. The maximum absolute atomic E-state index is 9.02. The van der Waals surface area contributed by atoms with Gasteiger partial charge in [-0.2, -0.15) is 0 Å². The quantitative estimate of drug-likeness (QED) is 0.167. The molecule has 0 amide bonds. The Morgan fingerprint density at radius 1 is 0.365 bits per heavy atom. The molecule has 13 rings (SSSR count). The van der Waals surface area contributed by atoms with Crippen LogP contribution in [0.2, 0.25) is 0 Å². The van der Waals surface area contributed by atoms with Gasteiger partial charge in [-0.25, -0.2) is 15.0 Å². The number of fused-ring (bicyclic) bond motifs is 9. The molecule has 9 aromatic carbocycles. The number of furan rings is 2. The van der Waals surface area contributed by atoms with Crippen molar-refractivity contribution in [3.05, 3.63) is 206 Å². The van der Waals surface area contributed by atoms with E-state index in [1.165, 1.54) is 0 Å². The molecule has 6 heteroatoms. The maximum atomic E-state index is 9.02. The number of nitrogens with zero attached hydrogens (tertiary/aromatic N) is 4. The summed E-state index contributed by atoms with van der Waals surface area (Å²) in [6, 6.07) is 56.9. The number of para-hydroxylation sites is 3. The fourth-order valence-electron chi connectivity index (χ4n) is 9.01. The van der Waals surface area contributed by atoms with E-state index in [0.29, 0.717) is 27.9 Å². The van der Waals surface area contributed by atoms with Gasteiger partial charge < -0.3 is 13.4 Å². The van der Waals surface area contributed by atoms with Gasteiger partial charge in [0.25, 0.3) is 0 Å². The van der Waals surface area contributed by atoms with Crippen LogP contribution in [0.25, 0.3) is 128 Å². The summed E-state index contributed by atoms with van der Waals surface area (Å²) in [7, 11) is 0. The van der Waals surface area contributed by atoms with Crippen LogP contribution < -0.4 is 0 Å². The molecule has 0 atom stereocenters. The lowest BCUT2D eigenvalue weighted by Gasteiger charge is -2.12. The monoisotopic (exact) mass is 811 g/mol. The lowest BCUT2D eigenvalue weighted by atomic mass is 9.98. The van der Waals surface area contributed by atoms with Crippen LogP contribution >= 0.6 is 0 Å². The third kappa shape index (κ3) is 5.76. The number of hydrogen-bond donors (Lipinski definition) is 0. The van der Waals surface area contributed by atoms with Crippen LogP contribution in [0.5, 0.6) is 0 Å². The Morgan fingerprint density at radius 2 is 0.921 bits per heavy atom. The van der Waals surface area contributed by atoms with Crippen LogP contribution in [-0.4, -0.2) is 19.5 Å². The van der Waals surface area contributed by atoms with Crippen LogP contribution in [0.4, 0.5) is 0 Å². The molecule has 0 saturated heterocycles. The molecule has 13 aromatic rings. The number of hydrogen-bond acceptors (Lipinski definition) is 5. The average Bonchev–Trinajstić information content (AvgIpc) is 4.06. The van der Waals surface area contributed by atoms with E-state index in [2.05, 4.69) is 89.5 Å². The molecule has 0 radical (unpaired) electrons. The molecule has 6 nitrogen and oxygen atoms in total. The summed E-state index contributed by atoms with van der Waals surface area (Å²) in [6.07, 6.45) is 0. The van der Waals surface area contributed by atoms with E-state index in [9.17, 15) is 0 Å². The molecule has 0 unspecified atom stereocenters. The predicted octanol–water partition coefficient (Wildman–Crippen LogP) is 15.1. The Balaban J connectivity index is 1.10. The van der Waals surface area contributed by atoms with Gasteiger partial charge in [-0.1, -0.05) is 145 Å². The molecule has 0 bridgehead atoms. The van der Waals surface area contributed by atoms with E-state index in [1.54, 1.807) is 0 Å². The highest BCUT2D eigenvalue weighted by Crippen LogP contribution is 2.42. The van der Waals surface area contributed by atoms with Gasteiger partial charge in [0.05, 0.1) is 23.5 Å². The summed E-state index contributed by atoms with van der Waals surface area (Å²) in [4.78, 5) is 15.1. The number of aromatic nitrogens is 4. The predicted molar refractivity (Wildman–Crippen MR) is 256 cm³/mol. The highest BCUT2D eigenvalue weighted by molar-refractivity contribution is 6.13. The second kappa shape index (κ2) is 14.0. The first-order valence-corrected chi connectivity index (χ1v) is 20.7. The molecule has 0 saturated carbocycles. The van der Waals surface area contributed by atoms with E-state index in [-0.39, 0.29) is 23.0 Å². The molecule has 0 aliphatic rings. The zero-order chi connectivity index (χ0) is 45.8. The molecule has 0 aliphatic heterocycles. The average molecular weight is 812 g/mol. The van der Waals surface area contributed by atoms with Crippen LogP contribution in [0, 0.1) is 0 Å². The van der Waals surface area contributed by atoms with E-state index < -0.39 is 30.2 Å². The third-order valence-corrected chi connectivity index (χ3v) is 11.9. The summed E-state index contributed by atoms with van der Waals surface area (Å²) < 4.78 is 59.1. The van der Waals surface area contributed by atoms with E-state index in [0.717, 1.165) is 76.9 Å². The van der Waals surface area contributed by atoms with Gasteiger partial charge in [-0.3, -0.25) is 0 Å². The van der Waals surface area contributed by atoms with Crippen LogP contribution in [-0.2, 0) is 0 Å². The summed E-state index contributed by atoms with van der Waals surface area (Å²) >= 11 is 0. The maximum Gasteiger partial charge on any atom is 0.167 e. The van der Waals surface area contributed by atoms with Gasteiger partial charge >= 0.3 is 0 Å². The molecular formula is C57H34N4O2. The van der Waals surface area contributed by atoms with Gasteiger partial charge in [0.1, 0.15) is 22.3 Å². The van der Waals surface area contributed by atoms with Crippen molar-refractivity contribution in [1.29, 1.82) is 0 Å². The molecule has 4 aromatic heterocycles. The van der Waals surface area contributed by atoms with Crippen molar-refractivity contribution in [2.75, 3.05) is 0 Å². The van der Waals surface area contributed by atoms with Crippen LogP contribution in [0.15, 0.2) is 215 Å². The molecule has 63 heavy (non-hydrogen) atoms. The summed E-state index contributed by atoms with van der Waals surface area (Å²) in [6.45, 7) is 0. The zero-order valence-electron chi connectivity index (χ0n) is 38.3. The Labute approximate surface area is 368 Å². The van der Waals surface area contributed by atoms with Gasteiger partial charge in [0.2, 0.25) is 0 Å². The molecule has 294 valence electrons. The van der Waals surface area contributed by atoms with Crippen LogP contribution in [0.1, 0.15) is 6.85 Å². The van der Waals surface area contributed by atoms with Crippen molar-refractivity contribution < 1.29 is 15.7 Å². The molecular weight excluding hydrogens is 773 g/mol. The fourth-order valence-corrected chi connectivity index (χ4v) is 9.01. The second-order valence-corrected chi connectivity index (χ2v) is 15.6. The third-order valence-electron chi connectivity index (χ3n) is 11.9. The first-order valence-electron chi connectivity index (χ1n) is 23.2. The minimum Gasteiger partial charge on any atom is -0.456 e. The highest BCUT2D eigenvalue weighted by Gasteiger charge is 2.22. The van der Waals surface area contributed by atoms with Crippen molar-refractivity contribution in [2.45, 2.75) is 0 Å². The minimum atomic E-state index is -0.511. The smallest absolute Gasteiger partial charge is 0.167 e. The normalized spacial score (nSPS) is 12.9. The van der Waals surface area contributed by atoms with Gasteiger partial charge in [0, 0.05) is 49.1 Å². The van der Waals surface area contributed by atoms with Crippen molar-refractivity contribution >= 4 is 65.7 Å². The first kappa shape index (κ1) is 30.4. The molecule has 0 fully saturated rings. The Kier molecular flexibility index (Phi) is 6.75. The zero-order valence-corrected chi connectivity index (χ0v) is 33.3. The number of benzene rings is 9. The lowest BCUT2D eigenvalue weighted by molar-refractivity contribution is 0.668. The van der Waals surface area contributed by atoms with Gasteiger partial charge in [-0.15, -0.1) is 0 Å². The standard InChI is InChI=1S/C57H34N4O2/c1-3-14-35(15-4-1)37-18-13-19-38(30-37)39-26-28-46-47-33-41(61-49-23-10-7-20-42(49)43-21-8-11-24-50(43)61)34-48(54(47)63-53(46)31-39)57-59-55(36-16-5-2-6-17-36)58-56(60-57)40-27-29-45-44-22-9-12-25-51(44)62-52(45)32-40/h1-34H/i2D,5D,6D,16D,17D. The molecule has 0 N–H and O–H groups in total. The Bertz CT molecular complexity index is 4150. The number of rotatable bonds is 6. The van der Waals surface area contributed by atoms with Crippen molar-refractivity contribution in [3.8, 4) is 62.1 Å². The van der Waals surface area contributed by atoms with Gasteiger partial charge in [0.15, 0.2) is 17.5 Å². The van der Waals surface area contributed by atoms with Crippen LogP contribution in [0.3, 0.4) is 0 Å². The van der Waals surface area contributed by atoms with E-state index >= 15 is 0 Å². The minimum absolute atomic E-state index is 0.0844. The van der Waals surface area contributed by atoms with Gasteiger partial charge in [-0.05, 0) is 82.9 Å². The van der Waals surface area contributed by atoms with Crippen molar-refractivity contribution in [2.24, 2.45) is 0 Å². The summed E-state index contributed by atoms with van der Waals surface area (Å²) in [5.74, 6) is 0.314. The van der Waals surface area contributed by atoms with E-state index in [1.807, 2.05) is 91.0 Å². The largest absolute Gasteiger partial charge is 0.456 e. The summed E-state index contributed by atoms with van der Waals surface area (Å²) in [5, 5.41) is 5.76. The van der Waals surface area contributed by atoms with Crippen molar-refractivity contribution in [3.63, 3.8) is 0 Å². The Hall–Kier alpha value is -8.61. The second-order valence-electron chi connectivity index (χ2n) is 15.6. The highest BCUT2D eigenvalue weighted by atomic mass is 16.3. The lowest BCUT2D eigenvalue weighted by Crippen LogP contribution is -2.01. The van der Waals surface area contributed by atoms with E-state index in [4.69, 9.17) is 30.6 Å². The molecule has 0 spiro atoms. The SMILES string of the molecule is [2H]c1c([2H])c([2H])c(-c2nc(-c3ccc4c(c3)oc3ccccc34)nc(-c3cc(-n4c5ccccc5c5ccccc54)cc4c3oc3cc(-c5cccc(-c6ccccc6)c5)ccc34)n2)c([2H])c1[2H]. The fraction of sp³-hybridized carbons (Fsp3) is 0. The van der Waals surface area contributed by atoms with Crippen molar-refractivity contribution in [1.82, 2.24) is 19.5 Å². The first-order chi connectivity index (χ1) is 33.3. The molecule has 4 heterocycles. The molecule has 0 aliphatic carbocycles.